The fourth-order valence-corrected chi connectivity index (χ4v) is 0. The van der Waals surface area contributed by atoms with Gasteiger partial charge >= 0.3 is 36.2 Å². The molecule has 0 aliphatic rings. The molecule has 10 nitrogen and oxygen atoms in total. The van der Waals surface area contributed by atoms with Crippen LogP contribution in [0.15, 0.2) is 0 Å². The number of rotatable bonds is 0. The first-order valence-corrected chi connectivity index (χ1v) is 3.63. The van der Waals surface area contributed by atoms with Gasteiger partial charge in [0.2, 0.25) is 0 Å². The van der Waals surface area contributed by atoms with Gasteiger partial charge in [-0.25, -0.2) is 0 Å². The van der Waals surface area contributed by atoms with Gasteiger partial charge in [-0.1, -0.05) is 0 Å². The molecule has 4 N–H and O–H groups in total. The summed E-state index contributed by atoms with van der Waals surface area (Å²) in [6.45, 7) is 3.89. The van der Waals surface area contributed by atoms with Crippen LogP contribution in [-0.4, -0.2) is 52.2 Å². The number of hydrogen-bond donors (Lipinski definition) is 0. The summed E-state index contributed by atoms with van der Waals surface area (Å²) in [5, 5.41) is 35.6. The van der Waals surface area contributed by atoms with Crippen LogP contribution in [0.1, 0.15) is 27.7 Å². The van der Waals surface area contributed by atoms with Crippen molar-refractivity contribution in [3.05, 3.63) is 0 Å². The molecule has 12 heteroatoms. The van der Waals surface area contributed by atoms with Gasteiger partial charge in [-0.3, -0.25) is 0 Å². The molecule has 20 heavy (non-hydrogen) atoms. The van der Waals surface area contributed by atoms with Crippen molar-refractivity contribution >= 4 is 41.2 Å². The molecule has 0 heterocycles. The van der Waals surface area contributed by atoms with Crippen molar-refractivity contribution in [1.29, 1.82) is 0 Å². The minimum atomic E-state index is -1.08. The second kappa shape index (κ2) is 43.0. The molecule has 0 bridgehead atoms. The van der Waals surface area contributed by atoms with Crippen LogP contribution in [0.25, 0.3) is 0 Å². The normalized spacial score (nSPS) is 5.00. The summed E-state index contributed by atoms with van der Waals surface area (Å²) in [4.78, 5) is 35.6. The molecule has 0 amide bonds. The van der Waals surface area contributed by atoms with Crippen LogP contribution in [0.3, 0.4) is 0 Å². The number of aliphatic carboxylic acids is 4. The summed E-state index contributed by atoms with van der Waals surface area (Å²) in [5.74, 6) is -4.33. The number of carboxylic acid groups (broad SMARTS) is 4. The first-order chi connectivity index (χ1) is 6.93. The third kappa shape index (κ3) is 3750. The molecule has 0 saturated heterocycles. The number of carboxylic acids is 4. The van der Waals surface area contributed by atoms with Crippen molar-refractivity contribution in [3.63, 3.8) is 0 Å². The van der Waals surface area contributed by atoms with E-state index in [0.717, 1.165) is 27.7 Å². The summed E-state index contributed by atoms with van der Waals surface area (Å²) in [7, 11) is 0. The molecule has 112 valence electrons. The predicted octanol–water partition coefficient (Wildman–Crippen LogP) is -10.0. The SMILES string of the molecule is CC(=O)[O-].CC(=O)[O-].CC(=O)[O-].CC(=O)[O-].O.O.[Al+3].[Li+]. The van der Waals surface area contributed by atoms with E-state index in [0.29, 0.717) is 0 Å². The van der Waals surface area contributed by atoms with Crippen molar-refractivity contribution in [2.45, 2.75) is 27.7 Å². The largest absolute Gasteiger partial charge is 3.00 e. The zero-order valence-corrected chi connectivity index (χ0v) is 13.0. The van der Waals surface area contributed by atoms with Crippen molar-refractivity contribution in [3.8, 4) is 0 Å². The third-order valence-corrected chi connectivity index (χ3v) is 0. The van der Waals surface area contributed by atoms with Gasteiger partial charge in [0.1, 0.15) is 0 Å². The van der Waals surface area contributed by atoms with E-state index < -0.39 is 23.9 Å². The molecule has 0 unspecified atom stereocenters. The van der Waals surface area contributed by atoms with E-state index in [1.165, 1.54) is 0 Å². The molecule has 0 spiro atoms. The molecule has 0 fully saturated rings. The minimum absolute atomic E-state index is 0. The summed E-state index contributed by atoms with van der Waals surface area (Å²) in [6, 6.07) is 0. The third-order valence-electron chi connectivity index (χ3n) is 0. The van der Waals surface area contributed by atoms with Gasteiger partial charge in [-0.2, -0.15) is 0 Å². The molecule has 0 saturated carbocycles. The van der Waals surface area contributed by atoms with Crippen LogP contribution in [0.2, 0.25) is 0 Å². The van der Waals surface area contributed by atoms with Crippen molar-refractivity contribution in [1.82, 2.24) is 0 Å². The standard InChI is InChI=1S/4C2H4O2.Al.Li.2H2O/c4*1-2(3)4;;;;/h4*1H3,(H,3,4);;;2*1H2/q;;;;+3;+1;;/p-4. The van der Waals surface area contributed by atoms with E-state index in [1.54, 1.807) is 0 Å². The zero-order chi connectivity index (χ0) is 14.3. The number of hydrogen-bond acceptors (Lipinski definition) is 8. The van der Waals surface area contributed by atoms with E-state index in [4.69, 9.17) is 39.6 Å². The molecule has 0 atom stereocenters. The van der Waals surface area contributed by atoms with E-state index in [1.807, 2.05) is 0 Å². The van der Waals surface area contributed by atoms with Gasteiger partial charge in [-0.05, 0) is 27.7 Å². The van der Waals surface area contributed by atoms with Crippen LogP contribution in [0.4, 0.5) is 0 Å². The van der Waals surface area contributed by atoms with E-state index >= 15 is 0 Å². The maximum absolute atomic E-state index is 8.89. The second-order valence-corrected chi connectivity index (χ2v) is 1.97. The van der Waals surface area contributed by atoms with Crippen molar-refractivity contribution < 1.29 is 69.4 Å². The van der Waals surface area contributed by atoms with Crippen LogP contribution < -0.4 is 39.3 Å². The van der Waals surface area contributed by atoms with Crippen LogP contribution in [-0.2, 0) is 19.2 Å². The smallest absolute Gasteiger partial charge is 0.550 e. The molecule has 0 radical (unpaired) electrons. The maximum Gasteiger partial charge on any atom is 3.00 e. The predicted molar refractivity (Wildman–Crippen MR) is 55.7 cm³/mol. The van der Waals surface area contributed by atoms with Crippen molar-refractivity contribution in [2.24, 2.45) is 0 Å². The Morgan fingerprint density at radius 1 is 0.550 bits per heavy atom. The van der Waals surface area contributed by atoms with E-state index in [-0.39, 0.29) is 47.2 Å². The topological polar surface area (TPSA) is 224 Å². The Morgan fingerprint density at radius 3 is 0.550 bits per heavy atom. The van der Waals surface area contributed by atoms with Crippen LogP contribution >= 0.6 is 0 Å². The monoisotopic (exact) mass is 306 g/mol. The van der Waals surface area contributed by atoms with Gasteiger partial charge in [0.25, 0.3) is 0 Å². The van der Waals surface area contributed by atoms with Gasteiger partial charge in [0, 0.05) is 23.9 Å². The zero-order valence-electron chi connectivity index (χ0n) is 11.8. The molecule has 0 aromatic carbocycles. The summed E-state index contributed by atoms with van der Waals surface area (Å²) in [6.07, 6.45) is 0. The molecule has 0 rings (SSSR count). The molecular formula is C8H16AlLiO10. The Bertz CT molecular complexity index is 169. The molecule has 0 aliphatic carbocycles. The fraction of sp³-hybridized carbons (Fsp3) is 0.500. The Morgan fingerprint density at radius 2 is 0.550 bits per heavy atom. The Balaban J connectivity index is -0.0000000150. The average Bonchev–Trinajstić information content (AvgIpc) is 1.76. The van der Waals surface area contributed by atoms with Crippen LogP contribution in [0, 0.1) is 0 Å². The molecule has 0 aliphatic heterocycles. The average molecular weight is 306 g/mol. The summed E-state index contributed by atoms with van der Waals surface area (Å²) >= 11 is 0. The first-order valence-electron chi connectivity index (χ1n) is 3.63. The van der Waals surface area contributed by atoms with Crippen LogP contribution in [0.5, 0.6) is 0 Å². The summed E-state index contributed by atoms with van der Waals surface area (Å²) in [5.41, 5.74) is 0. The van der Waals surface area contributed by atoms with Gasteiger partial charge < -0.3 is 50.6 Å². The first kappa shape index (κ1) is 50.9. The Hall–Kier alpha value is -1.07. The van der Waals surface area contributed by atoms with Gasteiger partial charge in [-0.15, -0.1) is 0 Å². The second-order valence-electron chi connectivity index (χ2n) is 1.97. The fourth-order valence-electron chi connectivity index (χ4n) is 0. The number of carbonyl (C=O) groups is 4. The van der Waals surface area contributed by atoms with Crippen molar-refractivity contribution in [2.75, 3.05) is 0 Å². The number of carbonyl (C=O) groups excluding carboxylic acids is 4. The molecule has 0 aromatic rings. The Kier molecular flexibility index (Phi) is 110. The quantitative estimate of drug-likeness (QED) is 0.389. The molecular weight excluding hydrogens is 290 g/mol. The van der Waals surface area contributed by atoms with E-state index in [2.05, 4.69) is 0 Å². The molecule has 0 aromatic heterocycles. The summed E-state index contributed by atoms with van der Waals surface area (Å²) < 4.78 is 0. The maximum atomic E-state index is 8.89. The minimum Gasteiger partial charge on any atom is -0.550 e. The van der Waals surface area contributed by atoms with Gasteiger partial charge in [0.15, 0.2) is 0 Å². The van der Waals surface area contributed by atoms with Gasteiger partial charge in [0.05, 0.1) is 0 Å². The Labute approximate surface area is 138 Å². The van der Waals surface area contributed by atoms with E-state index in [9.17, 15) is 0 Å².